The van der Waals surface area contributed by atoms with E-state index in [9.17, 15) is 9.59 Å². The molecule has 198 valence electrons. The summed E-state index contributed by atoms with van der Waals surface area (Å²) in [6.07, 6.45) is 6.01. The molecule has 5 aromatic rings. The van der Waals surface area contributed by atoms with Crippen LogP contribution in [-0.2, 0) is 11.2 Å². The third-order valence-electron chi connectivity index (χ3n) is 6.44. The fourth-order valence-electron chi connectivity index (χ4n) is 4.49. The Bertz CT molecular complexity index is 1680. The highest BCUT2D eigenvalue weighted by Crippen LogP contribution is 2.22. The standard InChI is InChI=1S/C29H28FN7O2/c1-17(2)11-25(28(39)31-3)35-27(38)22-8-7-20(14-23(22)30)26-16-34-29-33-15-21(37(29)36-26)13-18-6-9-24-19(12-18)5-4-10-32-24/h4-10,12,14-17,25H,11,13H2,1-3H3,(H,31,39)(H,35,38). The lowest BCUT2D eigenvalue weighted by molar-refractivity contribution is -0.122. The van der Waals surface area contributed by atoms with Gasteiger partial charge in [-0.25, -0.2) is 18.9 Å². The van der Waals surface area contributed by atoms with E-state index in [1.807, 2.05) is 38.1 Å². The number of hydrogen-bond acceptors (Lipinski definition) is 6. The monoisotopic (exact) mass is 525 g/mol. The van der Waals surface area contributed by atoms with Crippen LogP contribution >= 0.6 is 0 Å². The Morgan fingerprint density at radius 3 is 2.62 bits per heavy atom. The fraction of sp³-hybridized carbons (Fsp3) is 0.241. The number of amides is 2. The number of benzene rings is 2. The number of carbonyl (C=O) groups is 2. The van der Waals surface area contributed by atoms with Gasteiger partial charge >= 0.3 is 0 Å². The maximum Gasteiger partial charge on any atom is 0.254 e. The number of rotatable bonds is 8. The minimum Gasteiger partial charge on any atom is -0.357 e. The minimum atomic E-state index is -0.756. The molecule has 0 spiro atoms. The van der Waals surface area contributed by atoms with Crippen LogP contribution in [0.4, 0.5) is 4.39 Å². The Morgan fingerprint density at radius 2 is 1.85 bits per heavy atom. The first kappa shape index (κ1) is 25.9. The number of nitrogens with zero attached hydrogens (tertiary/aromatic N) is 5. The summed E-state index contributed by atoms with van der Waals surface area (Å²) in [6, 6.07) is 13.5. The molecule has 0 aliphatic heterocycles. The molecule has 0 aliphatic carbocycles. The average molecular weight is 526 g/mol. The van der Waals surface area contributed by atoms with Crippen molar-refractivity contribution < 1.29 is 14.0 Å². The SMILES string of the molecule is CNC(=O)C(CC(C)C)NC(=O)c1ccc(-c2cnc3ncc(Cc4ccc5ncccc5c4)n3n2)cc1F. The first-order valence-corrected chi connectivity index (χ1v) is 12.7. The van der Waals surface area contributed by atoms with E-state index in [0.29, 0.717) is 29.9 Å². The Kier molecular flexibility index (Phi) is 7.27. The Hall–Kier alpha value is -4.73. The maximum atomic E-state index is 15.1. The summed E-state index contributed by atoms with van der Waals surface area (Å²) in [5, 5.41) is 10.9. The molecule has 0 radical (unpaired) electrons. The molecule has 0 bridgehead atoms. The van der Waals surface area contributed by atoms with E-state index < -0.39 is 17.8 Å². The van der Waals surface area contributed by atoms with Crippen molar-refractivity contribution in [3.63, 3.8) is 0 Å². The van der Waals surface area contributed by atoms with Crippen molar-refractivity contribution in [2.45, 2.75) is 32.7 Å². The molecule has 39 heavy (non-hydrogen) atoms. The fourth-order valence-corrected chi connectivity index (χ4v) is 4.49. The highest BCUT2D eigenvalue weighted by atomic mass is 19.1. The number of likely N-dealkylation sites (N-methyl/N-ethyl adjacent to an activating group) is 1. The first-order chi connectivity index (χ1) is 18.8. The number of carbonyl (C=O) groups excluding carboxylic acids is 2. The minimum absolute atomic E-state index is 0.153. The van der Waals surface area contributed by atoms with Crippen molar-refractivity contribution in [3.8, 4) is 11.3 Å². The van der Waals surface area contributed by atoms with Crippen LogP contribution in [0, 0.1) is 11.7 Å². The summed E-state index contributed by atoms with van der Waals surface area (Å²) in [5.74, 6) is -1.10. The van der Waals surface area contributed by atoms with Crippen molar-refractivity contribution in [3.05, 3.63) is 89.8 Å². The van der Waals surface area contributed by atoms with E-state index in [-0.39, 0.29) is 17.4 Å². The van der Waals surface area contributed by atoms with E-state index in [4.69, 9.17) is 0 Å². The van der Waals surface area contributed by atoms with Crippen molar-refractivity contribution in [1.29, 1.82) is 0 Å². The van der Waals surface area contributed by atoms with Gasteiger partial charge in [-0.1, -0.05) is 32.0 Å². The van der Waals surface area contributed by atoms with Gasteiger partial charge in [0.1, 0.15) is 17.6 Å². The highest BCUT2D eigenvalue weighted by molar-refractivity contribution is 5.98. The van der Waals surface area contributed by atoms with Crippen LogP contribution in [0.2, 0.25) is 0 Å². The summed E-state index contributed by atoms with van der Waals surface area (Å²) >= 11 is 0. The van der Waals surface area contributed by atoms with Crippen LogP contribution in [-0.4, -0.2) is 49.5 Å². The Morgan fingerprint density at radius 1 is 1.03 bits per heavy atom. The molecule has 5 rings (SSSR count). The molecule has 9 nitrogen and oxygen atoms in total. The smallest absolute Gasteiger partial charge is 0.254 e. The van der Waals surface area contributed by atoms with Crippen molar-refractivity contribution >= 4 is 28.5 Å². The third kappa shape index (κ3) is 5.59. The van der Waals surface area contributed by atoms with Gasteiger partial charge in [0.05, 0.1) is 29.2 Å². The average Bonchev–Trinajstić information content (AvgIpc) is 3.33. The zero-order chi connectivity index (χ0) is 27.5. The summed E-state index contributed by atoms with van der Waals surface area (Å²) in [7, 11) is 1.50. The second-order valence-corrected chi connectivity index (χ2v) is 9.78. The summed E-state index contributed by atoms with van der Waals surface area (Å²) in [4.78, 5) is 38.1. The van der Waals surface area contributed by atoms with Crippen LogP contribution in [0.3, 0.4) is 0 Å². The number of nitrogens with one attached hydrogen (secondary N) is 2. The summed E-state index contributed by atoms with van der Waals surface area (Å²) in [5.41, 5.74) is 3.55. The van der Waals surface area contributed by atoms with Crippen molar-refractivity contribution in [2.75, 3.05) is 7.05 Å². The zero-order valence-electron chi connectivity index (χ0n) is 21.9. The quantitative estimate of drug-likeness (QED) is 0.317. The Balaban J connectivity index is 1.39. The molecule has 1 atom stereocenters. The number of imidazole rings is 1. The first-order valence-electron chi connectivity index (χ1n) is 12.7. The molecule has 0 aliphatic rings. The molecule has 1 unspecified atom stereocenters. The second kappa shape index (κ2) is 10.9. The number of aromatic nitrogens is 5. The van der Waals surface area contributed by atoms with Crippen molar-refractivity contribution in [1.82, 2.24) is 35.2 Å². The summed E-state index contributed by atoms with van der Waals surface area (Å²) < 4.78 is 16.7. The number of halogens is 1. The van der Waals surface area contributed by atoms with Crippen LogP contribution in [0.15, 0.2) is 67.1 Å². The van der Waals surface area contributed by atoms with Gasteiger partial charge in [-0.15, -0.1) is 0 Å². The van der Waals surface area contributed by atoms with Gasteiger partial charge in [0.2, 0.25) is 5.91 Å². The molecular formula is C29H28FN7O2. The molecule has 2 amide bonds. The van der Waals surface area contributed by atoms with Crippen LogP contribution in [0.1, 0.15) is 41.9 Å². The molecule has 3 aromatic heterocycles. The van der Waals surface area contributed by atoms with Gasteiger partial charge in [0.15, 0.2) is 0 Å². The van der Waals surface area contributed by atoms with Gasteiger partial charge in [0, 0.05) is 30.6 Å². The molecular weight excluding hydrogens is 497 g/mol. The molecule has 2 N–H and O–H groups in total. The van der Waals surface area contributed by atoms with E-state index in [1.165, 1.54) is 25.4 Å². The van der Waals surface area contributed by atoms with E-state index in [2.05, 4.69) is 36.8 Å². The number of hydrogen-bond donors (Lipinski definition) is 2. The normalized spacial score (nSPS) is 12.1. The van der Waals surface area contributed by atoms with Crippen LogP contribution in [0.5, 0.6) is 0 Å². The van der Waals surface area contributed by atoms with Gasteiger partial charge < -0.3 is 10.6 Å². The highest BCUT2D eigenvalue weighted by Gasteiger charge is 2.23. The van der Waals surface area contributed by atoms with E-state index in [0.717, 1.165) is 22.2 Å². The summed E-state index contributed by atoms with van der Waals surface area (Å²) in [6.45, 7) is 3.89. The van der Waals surface area contributed by atoms with Gasteiger partial charge in [-0.2, -0.15) is 5.10 Å². The third-order valence-corrected chi connectivity index (χ3v) is 6.44. The Labute approximate surface area is 224 Å². The lowest BCUT2D eigenvalue weighted by Gasteiger charge is -2.19. The lowest BCUT2D eigenvalue weighted by Crippen LogP contribution is -2.46. The predicted molar refractivity (Wildman–Crippen MR) is 146 cm³/mol. The molecule has 3 heterocycles. The van der Waals surface area contributed by atoms with Gasteiger partial charge in [0.25, 0.3) is 11.7 Å². The van der Waals surface area contributed by atoms with Gasteiger partial charge in [-0.3, -0.25) is 14.6 Å². The zero-order valence-corrected chi connectivity index (χ0v) is 21.9. The van der Waals surface area contributed by atoms with E-state index >= 15 is 4.39 Å². The molecule has 0 saturated heterocycles. The maximum absolute atomic E-state index is 15.1. The van der Waals surface area contributed by atoms with Crippen molar-refractivity contribution in [2.24, 2.45) is 5.92 Å². The number of pyridine rings is 1. The topological polar surface area (TPSA) is 114 Å². The molecule has 0 fully saturated rings. The second-order valence-electron chi connectivity index (χ2n) is 9.78. The lowest BCUT2D eigenvalue weighted by atomic mass is 10.0. The predicted octanol–water partition coefficient (Wildman–Crippen LogP) is 3.96. The van der Waals surface area contributed by atoms with Gasteiger partial charge in [-0.05, 0) is 48.2 Å². The van der Waals surface area contributed by atoms with Crippen LogP contribution < -0.4 is 10.6 Å². The molecule has 10 heteroatoms. The van der Waals surface area contributed by atoms with Crippen LogP contribution in [0.25, 0.3) is 27.9 Å². The number of fused-ring (bicyclic) bond motifs is 2. The largest absolute Gasteiger partial charge is 0.357 e. The molecule has 2 aromatic carbocycles. The molecule has 0 saturated carbocycles. The van der Waals surface area contributed by atoms with E-state index in [1.54, 1.807) is 23.0 Å².